The third-order valence-corrected chi connectivity index (χ3v) is 4.31. The van der Waals surface area contributed by atoms with Crippen LogP contribution < -0.4 is 5.32 Å². The summed E-state index contributed by atoms with van der Waals surface area (Å²) in [6.07, 6.45) is 0.990. The summed E-state index contributed by atoms with van der Waals surface area (Å²) < 4.78 is 28.1. The smallest absolute Gasteiger partial charge is 0.145 e. The molecular formula is C13H16BrF2N. The van der Waals surface area contributed by atoms with E-state index in [0.717, 1.165) is 6.42 Å². The Labute approximate surface area is 109 Å². The van der Waals surface area contributed by atoms with Crippen LogP contribution in [0.5, 0.6) is 0 Å². The lowest BCUT2D eigenvalue weighted by Gasteiger charge is -2.20. The van der Waals surface area contributed by atoms with Gasteiger partial charge in [-0.2, -0.15) is 0 Å². The van der Waals surface area contributed by atoms with Gasteiger partial charge in [-0.25, -0.2) is 8.78 Å². The van der Waals surface area contributed by atoms with Crippen LogP contribution in [-0.2, 0) is 0 Å². The number of rotatable bonds is 3. The molecule has 0 heterocycles. The highest BCUT2D eigenvalue weighted by Crippen LogP contribution is 2.58. The summed E-state index contributed by atoms with van der Waals surface area (Å²) in [5, 5.41) is 3.04. The van der Waals surface area contributed by atoms with Crippen molar-refractivity contribution in [3.8, 4) is 0 Å². The van der Waals surface area contributed by atoms with Crippen molar-refractivity contribution in [1.29, 1.82) is 0 Å². The maximum absolute atomic E-state index is 14.0. The van der Waals surface area contributed by atoms with Crippen molar-refractivity contribution in [2.45, 2.75) is 26.3 Å². The highest BCUT2D eigenvalue weighted by Gasteiger charge is 2.51. The van der Waals surface area contributed by atoms with Crippen molar-refractivity contribution >= 4 is 15.9 Å². The van der Waals surface area contributed by atoms with Crippen LogP contribution in [0.15, 0.2) is 16.6 Å². The number of nitrogens with one attached hydrogen (secondary N) is 1. The molecule has 2 unspecified atom stereocenters. The number of hydrogen-bond acceptors (Lipinski definition) is 1. The zero-order valence-electron chi connectivity index (χ0n) is 10.2. The Bertz CT molecular complexity index is 445. The molecular weight excluding hydrogens is 288 g/mol. The maximum atomic E-state index is 14.0. The van der Waals surface area contributed by atoms with Crippen molar-refractivity contribution in [2.75, 3.05) is 7.05 Å². The molecule has 2 rings (SSSR count). The summed E-state index contributed by atoms with van der Waals surface area (Å²) in [5.41, 5.74) is 0.312. The second-order valence-electron chi connectivity index (χ2n) is 5.32. The van der Waals surface area contributed by atoms with Gasteiger partial charge in [0.2, 0.25) is 0 Å². The van der Waals surface area contributed by atoms with Crippen LogP contribution in [0.25, 0.3) is 0 Å². The van der Waals surface area contributed by atoms with E-state index in [1.807, 2.05) is 0 Å². The molecule has 1 fully saturated rings. The molecule has 2 atom stereocenters. The van der Waals surface area contributed by atoms with Crippen molar-refractivity contribution in [3.63, 3.8) is 0 Å². The van der Waals surface area contributed by atoms with Crippen LogP contribution in [0, 0.1) is 23.0 Å². The van der Waals surface area contributed by atoms with E-state index in [4.69, 9.17) is 0 Å². The summed E-state index contributed by atoms with van der Waals surface area (Å²) in [7, 11) is 1.75. The second kappa shape index (κ2) is 4.32. The third-order valence-electron chi connectivity index (χ3n) is 3.69. The summed E-state index contributed by atoms with van der Waals surface area (Å²) in [4.78, 5) is 0. The number of hydrogen-bond donors (Lipinski definition) is 1. The first kappa shape index (κ1) is 13.0. The Hall–Kier alpha value is -0.480. The van der Waals surface area contributed by atoms with Gasteiger partial charge in [-0.15, -0.1) is 0 Å². The van der Waals surface area contributed by atoms with E-state index in [9.17, 15) is 8.78 Å². The average molecular weight is 304 g/mol. The molecule has 0 radical (unpaired) electrons. The first-order valence-corrected chi connectivity index (χ1v) is 6.48. The van der Waals surface area contributed by atoms with Gasteiger partial charge in [0.1, 0.15) is 11.6 Å². The summed E-state index contributed by atoms with van der Waals surface area (Å²) in [6.45, 7) is 4.24. The molecule has 0 spiro atoms. The van der Waals surface area contributed by atoms with Gasteiger partial charge in [-0.3, -0.25) is 0 Å². The standard InChI is InChI=1S/C13H16BrF2N/c1-13(2)6-7(13)12(17-3)10-9(15)5-4-8(14)11(10)16/h4-5,7,12,17H,6H2,1-3H3. The van der Waals surface area contributed by atoms with E-state index in [2.05, 4.69) is 35.1 Å². The molecule has 0 amide bonds. The molecule has 1 nitrogen and oxygen atoms in total. The van der Waals surface area contributed by atoms with Crippen molar-refractivity contribution in [1.82, 2.24) is 5.32 Å². The average Bonchev–Trinajstić information content (AvgIpc) is 2.88. The lowest BCUT2D eigenvalue weighted by molar-refractivity contribution is 0.407. The maximum Gasteiger partial charge on any atom is 0.145 e. The fraction of sp³-hybridized carbons (Fsp3) is 0.538. The normalized spacial score (nSPS) is 23.5. The van der Waals surface area contributed by atoms with E-state index in [1.54, 1.807) is 7.05 Å². The lowest BCUT2D eigenvalue weighted by Crippen LogP contribution is -2.23. The predicted octanol–water partition coefficient (Wildman–Crippen LogP) is 4.03. The second-order valence-corrected chi connectivity index (χ2v) is 6.18. The Morgan fingerprint density at radius 1 is 1.41 bits per heavy atom. The largest absolute Gasteiger partial charge is 0.313 e. The summed E-state index contributed by atoms with van der Waals surface area (Å²) in [6, 6.07) is 2.45. The monoisotopic (exact) mass is 303 g/mol. The SMILES string of the molecule is CNC(c1c(F)ccc(Br)c1F)C1CC1(C)C. The molecule has 0 aromatic heterocycles. The van der Waals surface area contributed by atoms with E-state index in [-0.39, 0.29) is 22.9 Å². The zero-order valence-corrected chi connectivity index (χ0v) is 11.7. The van der Waals surface area contributed by atoms with Gasteiger partial charge < -0.3 is 5.32 Å². The third kappa shape index (κ3) is 2.25. The highest BCUT2D eigenvalue weighted by atomic mass is 79.9. The molecule has 1 aromatic rings. The number of benzene rings is 1. The predicted molar refractivity (Wildman–Crippen MR) is 67.7 cm³/mol. The van der Waals surface area contributed by atoms with Crippen LogP contribution in [-0.4, -0.2) is 7.05 Å². The van der Waals surface area contributed by atoms with Gasteiger partial charge in [-0.05, 0) is 52.9 Å². The van der Waals surface area contributed by atoms with Crippen molar-refractivity contribution in [3.05, 3.63) is 33.8 Å². The zero-order chi connectivity index (χ0) is 12.8. The molecule has 1 saturated carbocycles. The molecule has 1 N–H and O–H groups in total. The van der Waals surface area contributed by atoms with Crippen molar-refractivity contribution < 1.29 is 8.78 Å². The van der Waals surface area contributed by atoms with E-state index in [0.29, 0.717) is 4.47 Å². The Morgan fingerprint density at radius 2 is 2.00 bits per heavy atom. The Kier molecular flexibility index (Phi) is 3.29. The van der Waals surface area contributed by atoms with E-state index in [1.165, 1.54) is 12.1 Å². The minimum atomic E-state index is -0.493. The van der Waals surface area contributed by atoms with Crippen LogP contribution in [0.2, 0.25) is 0 Å². The van der Waals surface area contributed by atoms with E-state index >= 15 is 0 Å². The lowest BCUT2D eigenvalue weighted by atomic mass is 9.96. The van der Waals surface area contributed by atoms with Crippen LogP contribution in [0.4, 0.5) is 8.78 Å². The topological polar surface area (TPSA) is 12.0 Å². The van der Waals surface area contributed by atoms with Crippen molar-refractivity contribution in [2.24, 2.45) is 11.3 Å². The molecule has 4 heteroatoms. The first-order chi connectivity index (χ1) is 7.88. The van der Waals surface area contributed by atoms with Gasteiger partial charge in [0.25, 0.3) is 0 Å². The van der Waals surface area contributed by atoms with Gasteiger partial charge in [0, 0.05) is 11.6 Å². The fourth-order valence-corrected chi connectivity index (χ4v) is 2.80. The van der Waals surface area contributed by atoms with Crippen LogP contribution in [0.1, 0.15) is 31.9 Å². The molecule has 1 aromatic carbocycles. The minimum absolute atomic E-state index is 0.150. The summed E-state index contributed by atoms with van der Waals surface area (Å²) >= 11 is 3.11. The first-order valence-electron chi connectivity index (χ1n) is 5.69. The molecule has 0 saturated heterocycles. The van der Waals surface area contributed by atoms with E-state index < -0.39 is 11.6 Å². The van der Waals surface area contributed by atoms with Gasteiger partial charge >= 0.3 is 0 Å². The quantitative estimate of drug-likeness (QED) is 0.831. The molecule has 94 valence electrons. The summed E-state index contributed by atoms with van der Waals surface area (Å²) in [5.74, 6) is -0.689. The van der Waals surface area contributed by atoms with Crippen LogP contribution >= 0.6 is 15.9 Å². The fourth-order valence-electron chi connectivity index (χ4n) is 2.45. The molecule has 17 heavy (non-hydrogen) atoms. The van der Waals surface area contributed by atoms with Gasteiger partial charge in [0.05, 0.1) is 4.47 Å². The highest BCUT2D eigenvalue weighted by molar-refractivity contribution is 9.10. The van der Waals surface area contributed by atoms with Gasteiger partial charge in [-0.1, -0.05) is 13.8 Å². The minimum Gasteiger partial charge on any atom is -0.313 e. The Balaban J connectivity index is 2.41. The van der Waals surface area contributed by atoms with Gasteiger partial charge in [0.15, 0.2) is 0 Å². The number of halogens is 3. The Morgan fingerprint density at radius 3 is 2.47 bits per heavy atom. The molecule has 0 aliphatic heterocycles. The molecule has 1 aliphatic carbocycles. The van der Waals surface area contributed by atoms with Crippen LogP contribution in [0.3, 0.4) is 0 Å². The molecule has 0 bridgehead atoms. The molecule has 1 aliphatic rings.